The Hall–Kier alpha value is 0.380. The van der Waals surface area contributed by atoms with E-state index in [1.807, 2.05) is 11.4 Å². The number of sulfonamides is 1. The Morgan fingerprint density at radius 2 is 2.31 bits per heavy atom. The molecule has 0 amide bonds. The first-order valence-electron chi connectivity index (χ1n) is 3.30. The lowest BCUT2D eigenvalue weighted by molar-refractivity contribution is 0.586. The number of thiophene rings is 1. The summed E-state index contributed by atoms with van der Waals surface area (Å²) in [5.41, 5.74) is 0. The van der Waals surface area contributed by atoms with E-state index in [9.17, 15) is 8.42 Å². The maximum absolute atomic E-state index is 11.0. The van der Waals surface area contributed by atoms with Crippen LogP contribution in [0.4, 0.5) is 0 Å². The molecule has 74 valence electrons. The molecule has 1 rings (SSSR count). The Kier molecular flexibility index (Phi) is 4.18. The number of alkyl halides is 1. The Morgan fingerprint density at radius 3 is 2.77 bits per heavy atom. The average molecular weight is 305 g/mol. The third-order valence-corrected chi connectivity index (χ3v) is 4.95. The van der Waals surface area contributed by atoms with Gasteiger partial charge in [-0.2, -0.15) is 0 Å². The standard InChI is InChI=1S/C6H7BrClNO2S2/c7-5-1-2-12-6(5)3-9-13(10,11)4-8/h1-2,9H,3-4H2. The molecule has 1 heterocycles. The molecule has 0 aliphatic rings. The van der Waals surface area contributed by atoms with E-state index in [1.54, 1.807) is 0 Å². The van der Waals surface area contributed by atoms with Gasteiger partial charge in [0.05, 0.1) is 0 Å². The zero-order chi connectivity index (χ0) is 9.90. The van der Waals surface area contributed by atoms with Gasteiger partial charge in [-0.25, -0.2) is 13.1 Å². The van der Waals surface area contributed by atoms with Gasteiger partial charge in [0.15, 0.2) is 0 Å². The number of rotatable bonds is 4. The minimum atomic E-state index is -3.31. The number of hydrogen-bond acceptors (Lipinski definition) is 3. The minimum absolute atomic E-state index is 0.285. The fourth-order valence-electron chi connectivity index (χ4n) is 0.665. The molecule has 1 aromatic rings. The lowest BCUT2D eigenvalue weighted by Gasteiger charge is -2.01. The van der Waals surface area contributed by atoms with Crippen LogP contribution >= 0.6 is 38.9 Å². The molecule has 1 N–H and O–H groups in total. The van der Waals surface area contributed by atoms with Crippen molar-refractivity contribution in [1.82, 2.24) is 4.72 Å². The normalized spacial score (nSPS) is 11.8. The molecule has 1 aromatic heterocycles. The third kappa shape index (κ3) is 3.55. The van der Waals surface area contributed by atoms with Crippen molar-refractivity contribution in [2.75, 3.05) is 5.21 Å². The van der Waals surface area contributed by atoms with Gasteiger partial charge in [-0.1, -0.05) is 0 Å². The fraction of sp³-hybridized carbons (Fsp3) is 0.333. The smallest absolute Gasteiger partial charge is 0.211 e. The van der Waals surface area contributed by atoms with Gasteiger partial charge in [-0.3, -0.25) is 0 Å². The SMILES string of the molecule is O=S(=O)(CCl)NCc1sccc1Br. The molecule has 0 radical (unpaired) electrons. The maximum Gasteiger partial charge on any atom is 0.225 e. The summed E-state index contributed by atoms with van der Waals surface area (Å²) in [6, 6.07) is 1.87. The molecule has 0 aliphatic heterocycles. The molecule has 0 spiro atoms. The molecular weight excluding hydrogens is 298 g/mol. The zero-order valence-electron chi connectivity index (χ0n) is 6.46. The number of hydrogen-bond donors (Lipinski definition) is 1. The van der Waals surface area contributed by atoms with Gasteiger partial charge < -0.3 is 0 Å². The molecule has 13 heavy (non-hydrogen) atoms. The van der Waals surface area contributed by atoms with Gasteiger partial charge in [0, 0.05) is 15.9 Å². The van der Waals surface area contributed by atoms with E-state index in [2.05, 4.69) is 20.7 Å². The van der Waals surface area contributed by atoms with Crippen LogP contribution in [0.1, 0.15) is 4.88 Å². The predicted molar refractivity (Wildman–Crippen MR) is 58.5 cm³/mol. The van der Waals surface area contributed by atoms with E-state index < -0.39 is 15.2 Å². The first kappa shape index (κ1) is 11.5. The summed E-state index contributed by atoms with van der Waals surface area (Å²) in [6.07, 6.45) is 0. The van der Waals surface area contributed by atoms with Crippen molar-refractivity contribution in [3.63, 3.8) is 0 Å². The highest BCUT2D eigenvalue weighted by Crippen LogP contribution is 2.22. The van der Waals surface area contributed by atoms with Crippen LogP contribution in [0, 0.1) is 0 Å². The average Bonchev–Trinajstić information content (AvgIpc) is 2.48. The minimum Gasteiger partial charge on any atom is -0.211 e. The van der Waals surface area contributed by atoms with Crippen molar-refractivity contribution in [3.05, 3.63) is 20.8 Å². The van der Waals surface area contributed by atoms with E-state index in [1.165, 1.54) is 11.3 Å². The summed E-state index contributed by atoms with van der Waals surface area (Å²) in [7, 11) is -3.31. The molecule has 0 unspecified atom stereocenters. The highest BCUT2D eigenvalue weighted by molar-refractivity contribution is 9.10. The van der Waals surface area contributed by atoms with E-state index in [0.29, 0.717) is 0 Å². The van der Waals surface area contributed by atoms with E-state index >= 15 is 0 Å². The summed E-state index contributed by atoms with van der Waals surface area (Å²) in [5.74, 6) is 0. The second-order valence-corrected chi connectivity index (χ2v) is 6.48. The van der Waals surface area contributed by atoms with Crippen LogP contribution in [0.2, 0.25) is 0 Å². The fourth-order valence-corrected chi connectivity index (χ4v) is 2.86. The molecule has 0 fully saturated rings. The Bertz CT molecular complexity index is 376. The van der Waals surface area contributed by atoms with Gasteiger partial charge in [0.2, 0.25) is 10.0 Å². The second-order valence-electron chi connectivity index (χ2n) is 2.24. The Morgan fingerprint density at radius 1 is 1.62 bits per heavy atom. The van der Waals surface area contributed by atoms with Crippen LogP contribution in [0.15, 0.2) is 15.9 Å². The molecule has 0 saturated carbocycles. The van der Waals surface area contributed by atoms with Gasteiger partial charge >= 0.3 is 0 Å². The first-order valence-corrected chi connectivity index (χ1v) is 7.16. The highest BCUT2D eigenvalue weighted by atomic mass is 79.9. The molecule has 0 saturated heterocycles. The van der Waals surface area contributed by atoms with Crippen LogP contribution in [-0.2, 0) is 16.6 Å². The van der Waals surface area contributed by atoms with Crippen molar-refractivity contribution in [3.8, 4) is 0 Å². The van der Waals surface area contributed by atoms with Crippen LogP contribution in [0.5, 0.6) is 0 Å². The van der Waals surface area contributed by atoms with Crippen molar-refractivity contribution < 1.29 is 8.42 Å². The van der Waals surface area contributed by atoms with Crippen LogP contribution in [0.25, 0.3) is 0 Å². The van der Waals surface area contributed by atoms with Crippen molar-refractivity contribution in [2.45, 2.75) is 6.54 Å². The van der Waals surface area contributed by atoms with Crippen molar-refractivity contribution in [2.24, 2.45) is 0 Å². The van der Waals surface area contributed by atoms with Crippen molar-refractivity contribution >= 4 is 48.9 Å². The zero-order valence-corrected chi connectivity index (χ0v) is 10.4. The summed E-state index contributed by atoms with van der Waals surface area (Å²) >= 11 is 10.00. The van der Waals surface area contributed by atoms with Gasteiger partial charge in [0.25, 0.3) is 0 Å². The van der Waals surface area contributed by atoms with Gasteiger partial charge in [-0.05, 0) is 27.4 Å². The summed E-state index contributed by atoms with van der Waals surface area (Å²) in [5, 5.41) is 1.48. The third-order valence-electron chi connectivity index (χ3n) is 1.29. The van der Waals surface area contributed by atoms with E-state index in [-0.39, 0.29) is 6.54 Å². The molecule has 7 heteroatoms. The molecule has 0 aliphatic carbocycles. The highest BCUT2D eigenvalue weighted by Gasteiger charge is 2.09. The Labute approximate surface area is 94.3 Å². The molecule has 0 aromatic carbocycles. The molecule has 0 bridgehead atoms. The van der Waals surface area contributed by atoms with Gasteiger partial charge in [-0.15, -0.1) is 22.9 Å². The van der Waals surface area contributed by atoms with Crippen LogP contribution < -0.4 is 4.72 Å². The molecule has 3 nitrogen and oxygen atoms in total. The quantitative estimate of drug-likeness (QED) is 0.866. The predicted octanol–water partition coefficient (Wildman–Crippen LogP) is 2.13. The van der Waals surface area contributed by atoms with Crippen molar-refractivity contribution in [1.29, 1.82) is 0 Å². The lowest BCUT2D eigenvalue weighted by atomic mass is 10.5. The summed E-state index contributed by atoms with van der Waals surface area (Å²) in [6.45, 7) is 0.285. The number of nitrogens with one attached hydrogen (secondary N) is 1. The lowest BCUT2D eigenvalue weighted by Crippen LogP contribution is -2.23. The monoisotopic (exact) mass is 303 g/mol. The molecular formula is C6H7BrClNO2S2. The topological polar surface area (TPSA) is 46.2 Å². The largest absolute Gasteiger partial charge is 0.225 e. The van der Waals surface area contributed by atoms with Crippen LogP contribution in [-0.4, -0.2) is 13.6 Å². The first-order chi connectivity index (χ1) is 6.05. The molecule has 0 atom stereocenters. The summed E-state index contributed by atoms with van der Waals surface area (Å²) in [4.78, 5) is 0.939. The second kappa shape index (κ2) is 4.75. The maximum atomic E-state index is 11.0. The van der Waals surface area contributed by atoms with Gasteiger partial charge in [0.1, 0.15) is 5.21 Å². The van der Waals surface area contributed by atoms with E-state index in [0.717, 1.165) is 9.35 Å². The van der Waals surface area contributed by atoms with E-state index in [4.69, 9.17) is 11.6 Å². The Balaban J connectivity index is 2.58. The summed E-state index contributed by atoms with van der Waals surface area (Å²) < 4.78 is 25.2. The number of halogens is 2. The van der Waals surface area contributed by atoms with Crippen LogP contribution in [0.3, 0.4) is 0 Å².